The molecule has 138 valence electrons. The summed E-state index contributed by atoms with van der Waals surface area (Å²) in [4.78, 5) is 19.3. The van der Waals surface area contributed by atoms with E-state index in [1.807, 2.05) is 36.5 Å². The number of carbonyl (C=O) groups is 1. The quantitative estimate of drug-likeness (QED) is 0.479. The third-order valence-corrected chi connectivity index (χ3v) is 5.32. The highest BCUT2D eigenvalue weighted by Gasteiger charge is 2.27. The molecule has 2 heterocycles. The van der Waals surface area contributed by atoms with E-state index in [1.54, 1.807) is 0 Å². The molecule has 1 amide bonds. The van der Waals surface area contributed by atoms with Gasteiger partial charge in [0.05, 0.1) is 6.42 Å². The van der Waals surface area contributed by atoms with Crippen molar-refractivity contribution in [2.24, 2.45) is 0 Å². The normalized spacial score (nSPS) is 12.0. The van der Waals surface area contributed by atoms with Crippen LogP contribution in [0, 0.1) is 6.92 Å². The zero-order valence-corrected chi connectivity index (χ0v) is 16.0. The number of hydrogen-bond acceptors (Lipinski definition) is 1. The van der Waals surface area contributed by atoms with Crippen LogP contribution in [0.25, 0.3) is 21.8 Å². The Hall–Kier alpha value is -3.01. The van der Waals surface area contributed by atoms with Crippen LogP contribution in [-0.4, -0.2) is 22.4 Å². The summed E-state index contributed by atoms with van der Waals surface area (Å²) in [5, 5.41) is 5.48. The van der Waals surface area contributed by atoms with E-state index in [0.29, 0.717) is 13.0 Å². The fourth-order valence-corrected chi connectivity index (χ4v) is 4.07. The van der Waals surface area contributed by atoms with E-state index in [4.69, 9.17) is 0 Å². The first-order valence-corrected chi connectivity index (χ1v) is 9.35. The first-order valence-electron chi connectivity index (χ1n) is 9.35. The molecule has 3 N–H and O–H groups in total. The number of fused-ring (bicyclic) bond motifs is 2. The fourth-order valence-electron chi connectivity index (χ4n) is 4.07. The molecule has 0 radical (unpaired) electrons. The molecule has 4 heteroatoms. The maximum Gasteiger partial charge on any atom is 0.224 e. The standard InChI is InChI=1S/C23H25N3O/c1-15-22(18-9-5-7-11-20(18)26-15)23(2,3)14-25-21(27)12-16-13-24-19-10-6-4-8-17(16)19/h4-11,13,24,26H,12,14H2,1-3H3,(H,25,27). The lowest BCUT2D eigenvalue weighted by atomic mass is 9.82. The van der Waals surface area contributed by atoms with Gasteiger partial charge in [-0.1, -0.05) is 50.2 Å². The van der Waals surface area contributed by atoms with E-state index < -0.39 is 0 Å². The summed E-state index contributed by atoms with van der Waals surface area (Å²) in [5.74, 6) is 0.0466. The maximum absolute atomic E-state index is 12.6. The largest absolute Gasteiger partial charge is 0.361 e. The molecule has 2 aromatic carbocycles. The smallest absolute Gasteiger partial charge is 0.224 e. The van der Waals surface area contributed by atoms with Gasteiger partial charge >= 0.3 is 0 Å². The Balaban J connectivity index is 1.50. The number of aromatic amines is 2. The van der Waals surface area contributed by atoms with E-state index in [2.05, 4.69) is 54.3 Å². The number of benzene rings is 2. The SMILES string of the molecule is Cc1[nH]c2ccccc2c1C(C)(C)CNC(=O)Cc1c[nH]c2ccccc12. The van der Waals surface area contributed by atoms with Gasteiger partial charge in [0, 0.05) is 45.7 Å². The van der Waals surface area contributed by atoms with Crippen LogP contribution in [0.15, 0.2) is 54.7 Å². The second kappa shape index (κ2) is 6.62. The molecular formula is C23H25N3O. The van der Waals surface area contributed by atoms with Crippen molar-refractivity contribution in [1.82, 2.24) is 15.3 Å². The lowest BCUT2D eigenvalue weighted by molar-refractivity contribution is -0.120. The summed E-state index contributed by atoms with van der Waals surface area (Å²) < 4.78 is 0. The van der Waals surface area contributed by atoms with Crippen LogP contribution >= 0.6 is 0 Å². The van der Waals surface area contributed by atoms with E-state index in [9.17, 15) is 4.79 Å². The molecule has 27 heavy (non-hydrogen) atoms. The van der Waals surface area contributed by atoms with E-state index >= 15 is 0 Å². The van der Waals surface area contributed by atoms with Crippen molar-refractivity contribution in [2.45, 2.75) is 32.6 Å². The molecule has 0 spiro atoms. The summed E-state index contributed by atoms with van der Waals surface area (Å²) in [7, 11) is 0. The van der Waals surface area contributed by atoms with E-state index in [-0.39, 0.29) is 11.3 Å². The molecular weight excluding hydrogens is 334 g/mol. The Morgan fingerprint density at radius 3 is 2.44 bits per heavy atom. The Morgan fingerprint density at radius 1 is 1.00 bits per heavy atom. The molecule has 0 unspecified atom stereocenters. The molecule has 0 aliphatic carbocycles. The number of hydrogen-bond donors (Lipinski definition) is 3. The summed E-state index contributed by atoms with van der Waals surface area (Å²) in [6.07, 6.45) is 2.31. The predicted octanol–water partition coefficient (Wildman–Crippen LogP) is 4.59. The van der Waals surface area contributed by atoms with Gasteiger partial charge in [-0.25, -0.2) is 0 Å². The average Bonchev–Trinajstić information content (AvgIpc) is 3.20. The molecule has 0 fully saturated rings. The highest BCUT2D eigenvalue weighted by atomic mass is 16.1. The van der Waals surface area contributed by atoms with Crippen molar-refractivity contribution in [2.75, 3.05) is 6.54 Å². The van der Waals surface area contributed by atoms with Gasteiger partial charge in [0.15, 0.2) is 0 Å². The van der Waals surface area contributed by atoms with Crippen molar-refractivity contribution >= 4 is 27.7 Å². The summed E-state index contributed by atoms with van der Waals surface area (Å²) >= 11 is 0. The van der Waals surface area contributed by atoms with Gasteiger partial charge in [0.25, 0.3) is 0 Å². The van der Waals surface area contributed by atoms with Crippen molar-refractivity contribution in [1.29, 1.82) is 0 Å². The molecule has 2 aromatic heterocycles. The van der Waals surface area contributed by atoms with Crippen LogP contribution in [0.4, 0.5) is 0 Å². The minimum absolute atomic E-state index is 0.0466. The monoisotopic (exact) mass is 359 g/mol. The highest BCUT2D eigenvalue weighted by Crippen LogP contribution is 2.33. The van der Waals surface area contributed by atoms with Gasteiger partial charge in [-0.15, -0.1) is 0 Å². The minimum Gasteiger partial charge on any atom is -0.361 e. The van der Waals surface area contributed by atoms with E-state index in [1.165, 1.54) is 10.9 Å². The third kappa shape index (κ3) is 3.23. The Morgan fingerprint density at radius 2 is 1.67 bits per heavy atom. The van der Waals surface area contributed by atoms with Gasteiger partial charge in [-0.3, -0.25) is 4.79 Å². The number of nitrogens with one attached hydrogen (secondary N) is 3. The number of aromatic nitrogens is 2. The maximum atomic E-state index is 12.6. The van der Waals surface area contributed by atoms with Crippen molar-refractivity contribution in [3.63, 3.8) is 0 Å². The van der Waals surface area contributed by atoms with Crippen LogP contribution in [0.3, 0.4) is 0 Å². The summed E-state index contributed by atoms with van der Waals surface area (Å²) in [5.41, 5.74) is 5.50. The molecule has 0 bridgehead atoms. The predicted molar refractivity (Wildman–Crippen MR) is 111 cm³/mol. The van der Waals surface area contributed by atoms with Crippen LogP contribution < -0.4 is 5.32 Å². The highest BCUT2D eigenvalue weighted by molar-refractivity contribution is 5.89. The summed E-state index contributed by atoms with van der Waals surface area (Å²) in [6.45, 7) is 7.06. The molecule has 0 atom stereocenters. The number of rotatable bonds is 5. The van der Waals surface area contributed by atoms with Gasteiger partial charge in [-0.2, -0.15) is 0 Å². The van der Waals surface area contributed by atoms with Crippen molar-refractivity contribution in [3.05, 3.63) is 71.5 Å². The topological polar surface area (TPSA) is 60.7 Å². The molecule has 0 aliphatic heterocycles. The number of para-hydroxylation sites is 2. The zero-order valence-electron chi connectivity index (χ0n) is 16.0. The number of H-pyrrole nitrogens is 2. The van der Waals surface area contributed by atoms with Gasteiger partial charge < -0.3 is 15.3 Å². The molecule has 0 aliphatic rings. The Labute approximate surface area is 159 Å². The average molecular weight is 359 g/mol. The Bertz CT molecular complexity index is 1120. The second-order valence-corrected chi connectivity index (χ2v) is 7.87. The Kier molecular flexibility index (Phi) is 4.27. The summed E-state index contributed by atoms with van der Waals surface area (Å²) in [6, 6.07) is 16.4. The van der Waals surface area contributed by atoms with Gasteiger partial charge in [0.1, 0.15) is 0 Å². The van der Waals surface area contributed by atoms with Crippen LogP contribution in [0.1, 0.15) is 30.7 Å². The van der Waals surface area contributed by atoms with E-state index in [0.717, 1.165) is 27.7 Å². The van der Waals surface area contributed by atoms with Gasteiger partial charge in [-0.05, 0) is 30.2 Å². The molecule has 0 saturated carbocycles. The molecule has 4 aromatic rings. The number of amides is 1. The number of carbonyl (C=O) groups excluding carboxylic acids is 1. The third-order valence-electron chi connectivity index (χ3n) is 5.32. The lowest BCUT2D eigenvalue weighted by Crippen LogP contribution is -2.37. The lowest BCUT2D eigenvalue weighted by Gasteiger charge is -2.26. The van der Waals surface area contributed by atoms with Crippen LogP contribution in [-0.2, 0) is 16.6 Å². The van der Waals surface area contributed by atoms with Crippen molar-refractivity contribution < 1.29 is 4.79 Å². The second-order valence-electron chi connectivity index (χ2n) is 7.87. The van der Waals surface area contributed by atoms with Crippen LogP contribution in [0.2, 0.25) is 0 Å². The zero-order chi connectivity index (χ0) is 19.0. The molecule has 4 nitrogen and oxygen atoms in total. The van der Waals surface area contributed by atoms with Gasteiger partial charge in [0.2, 0.25) is 5.91 Å². The molecule has 4 rings (SSSR count). The fraction of sp³-hybridized carbons (Fsp3) is 0.261. The first kappa shape index (κ1) is 17.4. The first-order chi connectivity index (χ1) is 13.0. The minimum atomic E-state index is -0.167. The van der Waals surface area contributed by atoms with Crippen molar-refractivity contribution in [3.8, 4) is 0 Å². The number of aryl methyl sites for hydroxylation is 1. The molecule has 0 saturated heterocycles. The van der Waals surface area contributed by atoms with Crippen LogP contribution in [0.5, 0.6) is 0 Å².